The number of rotatable bonds is 0. The van der Waals surface area contributed by atoms with Crippen LogP contribution in [0.4, 0.5) is 0 Å². The van der Waals surface area contributed by atoms with Gasteiger partial charge in [-0.2, -0.15) is 0 Å². The van der Waals surface area contributed by atoms with E-state index in [1.54, 1.807) is 0 Å². The van der Waals surface area contributed by atoms with Gasteiger partial charge in [-0.3, -0.25) is 0 Å². The smallest absolute Gasteiger partial charge is 0.0310 e. The molecule has 1 N–H and O–H groups in total. The van der Waals surface area contributed by atoms with Crippen LogP contribution in [0.3, 0.4) is 0 Å². The third-order valence-corrected chi connectivity index (χ3v) is 1.39. The maximum atomic E-state index is 7.24. The van der Waals surface area contributed by atoms with Crippen molar-refractivity contribution in [2.75, 3.05) is 0 Å². The summed E-state index contributed by atoms with van der Waals surface area (Å²) in [6.07, 6.45) is 8.63. The van der Waals surface area contributed by atoms with Gasteiger partial charge in [-0.1, -0.05) is 6.08 Å². The molecule has 0 saturated heterocycles. The maximum absolute atomic E-state index is 7.24. The van der Waals surface area contributed by atoms with Crippen LogP contribution in [0, 0.1) is 5.41 Å². The van der Waals surface area contributed by atoms with E-state index in [1.807, 2.05) is 6.08 Å². The van der Waals surface area contributed by atoms with Crippen LogP contribution in [-0.4, -0.2) is 5.71 Å². The second kappa shape index (κ2) is 2.65. The van der Waals surface area contributed by atoms with Crippen molar-refractivity contribution in [2.24, 2.45) is 0 Å². The van der Waals surface area contributed by atoms with Crippen LogP contribution in [0.1, 0.15) is 25.7 Å². The van der Waals surface area contributed by atoms with Crippen molar-refractivity contribution in [3.8, 4) is 0 Å². The van der Waals surface area contributed by atoms with Crippen LogP contribution >= 0.6 is 0 Å². The quantitative estimate of drug-likeness (QED) is 0.492. The van der Waals surface area contributed by atoms with Gasteiger partial charge in [0.25, 0.3) is 0 Å². The van der Waals surface area contributed by atoms with Crippen LogP contribution < -0.4 is 0 Å². The van der Waals surface area contributed by atoms with E-state index in [1.165, 1.54) is 19.3 Å². The molecule has 1 rings (SSSR count). The molecule has 1 heteroatoms. The van der Waals surface area contributed by atoms with Gasteiger partial charge in [-0.25, -0.2) is 0 Å². The summed E-state index contributed by atoms with van der Waals surface area (Å²) < 4.78 is 0. The van der Waals surface area contributed by atoms with E-state index < -0.39 is 0 Å². The van der Waals surface area contributed by atoms with Crippen LogP contribution in [0.25, 0.3) is 0 Å². The first-order chi connectivity index (χ1) is 3.89. The average molecular weight is 109 g/mol. The van der Waals surface area contributed by atoms with Crippen molar-refractivity contribution in [2.45, 2.75) is 25.7 Å². The lowest BCUT2D eigenvalue weighted by Gasteiger charge is -1.89. The zero-order valence-electron chi connectivity index (χ0n) is 4.98. The van der Waals surface area contributed by atoms with Gasteiger partial charge >= 0.3 is 0 Å². The summed E-state index contributed by atoms with van der Waals surface area (Å²) in [4.78, 5) is 0. The summed E-state index contributed by atoms with van der Waals surface area (Å²) >= 11 is 0. The average Bonchev–Trinajstić information content (AvgIpc) is 1.94. The Hall–Kier alpha value is -0.590. The van der Waals surface area contributed by atoms with Gasteiger partial charge in [0.15, 0.2) is 0 Å². The highest BCUT2D eigenvalue weighted by Crippen LogP contribution is 2.06. The summed E-state index contributed by atoms with van der Waals surface area (Å²) in [6, 6.07) is 0. The van der Waals surface area contributed by atoms with Gasteiger partial charge in [-0.05, 0) is 31.8 Å². The predicted octanol–water partition coefficient (Wildman–Crippen LogP) is 2.14. The zero-order valence-corrected chi connectivity index (χ0v) is 4.98. The molecule has 1 nitrogen and oxygen atoms in total. The molecular weight excluding hydrogens is 98.1 g/mol. The SMILES string of the molecule is N=C1C=CCCCC1. The molecule has 0 aromatic carbocycles. The van der Waals surface area contributed by atoms with Crippen LogP contribution in [0.2, 0.25) is 0 Å². The Morgan fingerprint density at radius 3 is 3.12 bits per heavy atom. The van der Waals surface area contributed by atoms with Gasteiger partial charge in [0.2, 0.25) is 0 Å². The van der Waals surface area contributed by atoms with Gasteiger partial charge in [0.05, 0.1) is 0 Å². The zero-order chi connectivity index (χ0) is 5.82. The molecule has 0 saturated carbocycles. The highest BCUT2D eigenvalue weighted by Gasteiger charge is 1.95. The highest BCUT2D eigenvalue weighted by molar-refractivity contribution is 5.92. The molecule has 0 radical (unpaired) electrons. The molecule has 1 aliphatic carbocycles. The van der Waals surface area contributed by atoms with Gasteiger partial charge in [0, 0.05) is 5.71 Å². The fourth-order valence-electron chi connectivity index (χ4n) is 0.887. The standard InChI is InChI=1S/C7H11N/c8-7-5-3-1-2-4-6-7/h3,5,8H,1-2,4,6H2. The second-order valence-electron chi connectivity index (χ2n) is 2.17. The summed E-state index contributed by atoms with van der Waals surface area (Å²) in [6.45, 7) is 0. The second-order valence-corrected chi connectivity index (χ2v) is 2.17. The van der Waals surface area contributed by atoms with Crippen LogP contribution in [-0.2, 0) is 0 Å². The molecule has 8 heavy (non-hydrogen) atoms. The van der Waals surface area contributed by atoms with E-state index in [-0.39, 0.29) is 0 Å². The summed E-state index contributed by atoms with van der Waals surface area (Å²) in [7, 11) is 0. The molecule has 0 amide bonds. The van der Waals surface area contributed by atoms with E-state index in [0.717, 1.165) is 12.1 Å². The molecule has 44 valence electrons. The van der Waals surface area contributed by atoms with Crippen LogP contribution in [0.5, 0.6) is 0 Å². The lowest BCUT2D eigenvalue weighted by Crippen LogP contribution is -1.86. The molecule has 1 aliphatic rings. The molecule has 0 unspecified atom stereocenters. The first-order valence-corrected chi connectivity index (χ1v) is 3.13. The number of nitrogens with one attached hydrogen (secondary N) is 1. The normalized spacial score (nSPS) is 20.8. The Kier molecular flexibility index (Phi) is 1.84. The first kappa shape index (κ1) is 5.54. The molecule has 0 aliphatic heterocycles. The molecule has 0 heterocycles. The van der Waals surface area contributed by atoms with Crippen molar-refractivity contribution in [1.29, 1.82) is 5.41 Å². The molecule has 0 fully saturated rings. The summed E-state index contributed by atoms with van der Waals surface area (Å²) in [5.74, 6) is 0. The third-order valence-electron chi connectivity index (χ3n) is 1.39. The third kappa shape index (κ3) is 1.49. The van der Waals surface area contributed by atoms with Gasteiger partial charge in [-0.15, -0.1) is 0 Å². The van der Waals surface area contributed by atoms with Crippen molar-refractivity contribution < 1.29 is 0 Å². The fourth-order valence-corrected chi connectivity index (χ4v) is 0.887. The summed E-state index contributed by atoms with van der Waals surface area (Å²) in [5.41, 5.74) is 0.794. The molecule has 0 atom stereocenters. The number of hydrogen-bond acceptors (Lipinski definition) is 1. The van der Waals surface area contributed by atoms with Crippen molar-refractivity contribution >= 4 is 5.71 Å². The lowest BCUT2D eigenvalue weighted by molar-refractivity contribution is 0.787. The van der Waals surface area contributed by atoms with Gasteiger partial charge in [0.1, 0.15) is 0 Å². The van der Waals surface area contributed by atoms with E-state index in [2.05, 4.69) is 6.08 Å². The fraction of sp³-hybridized carbons (Fsp3) is 0.571. The van der Waals surface area contributed by atoms with E-state index >= 15 is 0 Å². The topological polar surface area (TPSA) is 23.9 Å². The minimum absolute atomic E-state index is 0.794. The highest BCUT2D eigenvalue weighted by atomic mass is 14.4. The number of allylic oxidation sites excluding steroid dienone is 2. The van der Waals surface area contributed by atoms with E-state index in [9.17, 15) is 0 Å². The van der Waals surface area contributed by atoms with E-state index in [0.29, 0.717) is 0 Å². The minimum Gasteiger partial charge on any atom is -0.305 e. The Labute approximate surface area is 49.9 Å². The van der Waals surface area contributed by atoms with Crippen LogP contribution in [0.15, 0.2) is 12.2 Å². The number of hydrogen-bond donors (Lipinski definition) is 1. The molecule has 0 aromatic heterocycles. The minimum atomic E-state index is 0.794. The monoisotopic (exact) mass is 109 g/mol. The predicted molar refractivity (Wildman–Crippen MR) is 35.3 cm³/mol. The Morgan fingerprint density at radius 2 is 2.25 bits per heavy atom. The maximum Gasteiger partial charge on any atom is 0.0310 e. The van der Waals surface area contributed by atoms with Crippen molar-refractivity contribution in [1.82, 2.24) is 0 Å². The van der Waals surface area contributed by atoms with E-state index in [4.69, 9.17) is 5.41 Å². The van der Waals surface area contributed by atoms with Crippen molar-refractivity contribution in [3.05, 3.63) is 12.2 Å². The molecule has 0 aromatic rings. The Morgan fingerprint density at radius 1 is 1.38 bits per heavy atom. The molecular formula is C7H11N. The molecule has 0 spiro atoms. The Bertz CT molecular complexity index is 114. The van der Waals surface area contributed by atoms with Crippen molar-refractivity contribution in [3.63, 3.8) is 0 Å². The summed E-state index contributed by atoms with van der Waals surface area (Å²) in [5, 5.41) is 7.24. The first-order valence-electron chi connectivity index (χ1n) is 3.13. The molecule has 0 bridgehead atoms. The largest absolute Gasteiger partial charge is 0.305 e. The Balaban J connectivity index is 2.44. The van der Waals surface area contributed by atoms with Gasteiger partial charge < -0.3 is 5.41 Å². The lowest BCUT2D eigenvalue weighted by atomic mass is 10.2.